The fraction of sp³-hybridized carbons (Fsp3) is 0.375. The van der Waals surface area contributed by atoms with Crippen molar-refractivity contribution in [3.8, 4) is 0 Å². The molecule has 1 aromatic carbocycles. The molecule has 1 saturated heterocycles. The van der Waals surface area contributed by atoms with Crippen molar-refractivity contribution < 1.29 is 9.72 Å². The highest BCUT2D eigenvalue weighted by molar-refractivity contribution is 8.26. The zero-order valence-corrected chi connectivity index (χ0v) is 14.1. The molecule has 1 aromatic rings. The molecule has 1 amide bonds. The van der Waals surface area contributed by atoms with E-state index in [0.717, 1.165) is 25.7 Å². The summed E-state index contributed by atoms with van der Waals surface area (Å²) in [6.45, 7) is 0. The number of nitro groups is 1. The lowest BCUT2D eigenvalue weighted by molar-refractivity contribution is -0.385. The Labute approximate surface area is 143 Å². The van der Waals surface area contributed by atoms with Gasteiger partial charge in [-0.3, -0.25) is 19.8 Å². The van der Waals surface area contributed by atoms with Crippen LogP contribution in [0.1, 0.15) is 37.7 Å². The van der Waals surface area contributed by atoms with Crippen LogP contribution >= 0.6 is 24.0 Å². The molecule has 2 aliphatic rings. The summed E-state index contributed by atoms with van der Waals surface area (Å²) in [5, 5.41) is 11.1. The maximum absolute atomic E-state index is 12.7. The van der Waals surface area contributed by atoms with E-state index in [0.29, 0.717) is 14.8 Å². The molecule has 0 atom stereocenters. The van der Waals surface area contributed by atoms with Crippen LogP contribution in [0.2, 0.25) is 0 Å². The van der Waals surface area contributed by atoms with E-state index in [9.17, 15) is 14.9 Å². The van der Waals surface area contributed by atoms with Gasteiger partial charge in [-0.2, -0.15) is 0 Å². The Kier molecular flexibility index (Phi) is 4.77. The second-order valence-corrected chi connectivity index (χ2v) is 7.34. The van der Waals surface area contributed by atoms with E-state index in [-0.39, 0.29) is 17.6 Å². The largest absolute Gasteiger partial charge is 0.290 e. The highest BCUT2D eigenvalue weighted by Crippen LogP contribution is 2.38. The predicted octanol–water partition coefficient (Wildman–Crippen LogP) is 4.13. The lowest BCUT2D eigenvalue weighted by Gasteiger charge is -2.29. The second-order valence-electron chi connectivity index (χ2n) is 5.66. The summed E-state index contributed by atoms with van der Waals surface area (Å²) in [7, 11) is 0. The van der Waals surface area contributed by atoms with Crippen LogP contribution in [0.3, 0.4) is 0 Å². The fourth-order valence-corrected chi connectivity index (χ4v) is 4.44. The Morgan fingerprint density at radius 3 is 2.65 bits per heavy atom. The molecule has 120 valence electrons. The van der Waals surface area contributed by atoms with Gasteiger partial charge in [0.25, 0.3) is 11.6 Å². The summed E-state index contributed by atoms with van der Waals surface area (Å²) in [6, 6.07) is 6.59. The molecule has 23 heavy (non-hydrogen) atoms. The van der Waals surface area contributed by atoms with E-state index in [2.05, 4.69) is 0 Å². The summed E-state index contributed by atoms with van der Waals surface area (Å²) in [6.07, 6.45) is 6.98. The molecule has 1 heterocycles. The standard InChI is InChI=1S/C16H16N2O3S2/c19-15-14(10-11-6-4-5-9-13(11)18(20)21)23-16(22)17(15)12-7-2-1-3-8-12/h4-6,9-10,12H,1-3,7-8H2/b14-10-. The second kappa shape index (κ2) is 6.80. The third-order valence-corrected chi connectivity index (χ3v) is 5.51. The highest BCUT2D eigenvalue weighted by atomic mass is 32.2. The van der Waals surface area contributed by atoms with Crippen molar-refractivity contribution in [2.24, 2.45) is 0 Å². The highest BCUT2D eigenvalue weighted by Gasteiger charge is 2.37. The van der Waals surface area contributed by atoms with Crippen molar-refractivity contribution in [3.05, 3.63) is 44.8 Å². The first-order valence-electron chi connectivity index (χ1n) is 7.58. The van der Waals surface area contributed by atoms with Gasteiger partial charge in [0.1, 0.15) is 4.32 Å². The maximum Gasteiger partial charge on any atom is 0.276 e. The summed E-state index contributed by atoms with van der Waals surface area (Å²) in [5.74, 6) is -0.120. The Morgan fingerprint density at radius 2 is 1.96 bits per heavy atom. The Bertz CT molecular complexity index is 696. The molecule has 0 radical (unpaired) electrons. The van der Waals surface area contributed by atoms with Crippen LogP contribution in [-0.4, -0.2) is 26.1 Å². The minimum Gasteiger partial charge on any atom is -0.290 e. The number of nitro benzene ring substituents is 1. The molecule has 1 saturated carbocycles. The van der Waals surface area contributed by atoms with Crippen LogP contribution in [0, 0.1) is 10.1 Å². The van der Waals surface area contributed by atoms with Gasteiger partial charge in [-0.25, -0.2) is 0 Å². The molecule has 0 unspecified atom stereocenters. The third kappa shape index (κ3) is 3.30. The normalized spacial score (nSPS) is 21.2. The zero-order chi connectivity index (χ0) is 16.4. The van der Waals surface area contributed by atoms with Gasteiger partial charge in [-0.15, -0.1) is 0 Å². The van der Waals surface area contributed by atoms with Gasteiger partial charge in [0.2, 0.25) is 0 Å². The van der Waals surface area contributed by atoms with E-state index in [1.165, 1.54) is 24.2 Å². The summed E-state index contributed by atoms with van der Waals surface area (Å²) in [4.78, 5) is 25.5. The molecule has 0 spiro atoms. The molecule has 2 fully saturated rings. The molecule has 1 aliphatic heterocycles. The van der Waals surface area contributed by atoms with Gasteiger partial charge >= 0.3 is 0 Å². The fourth-order valence-electron chi connectivity index (χ4n) is 3.05. The first-order valence-corrected chi connectivity index (χ1v) is 8.81. The zero-order valence-electron chi connectivity index (χ0n) is 12.4. The monoisotopic (exact) mass is 348 g/mol. The van der Waals surface area contributed by atoms with Crippen LogP contribution in [0.25, 0.3) is 6.08 Å². The number of carbonyl (C=O) groups excluding carboxylic acids is 1. The molecule has 0 N–H and O–H groups in total. The van der Waals surface area contributed by atoms with Crippen LogP contribution in [0.4, 0.5) is 5.69 Å². The first kappa shape index (κ1) is 16.1. The van der Waals surface area contributed by atoms with E-state index >= 15 is 0 Å². The lowest BCUT2D eigenvalue weighted by atomic mass is 9.94. The van der Waals surface area contributed by atoms with Gasteiger partial charge in [-0.1, -0.05) is 55.4 Å². The van der Waals surface area contributed by atoms with Gasteiger partial charge < -0.3 is 0 Å². The Hall–Kier alpha value is -1.73. The molecule has 5 nitrogen and oxygen atoms in total. The third-order valence-electron chi connectivity index (χ3n) is 4.18. The topological polar surface area (TPSA) is 63.4 Å². The summed E-state index contributed by atoms with van der Waals surface area (Å²) < 4.78 is 0.562. The predicted molar refractivity (Wildman–Crippen MR) is 95.0 cm³/mol. The number of carbonyl (C=O) groups is 1. The van der Waals surface area contributed by atoms with Crippen LogP contribution < -0.4 is 0 Å². The average molecular weight is 348 g/mol. The van der Waals surface area contributed by atoms with E-state index in [1.54, 1.807) is 29.2 Å². The summed E-state index contributed by atoms with van der Waals surface area (Å²) in [5.41, 5.74) is 0.428. The number of hydrogen-bond donors (Lipinski definition) is 0. The van der Waals surface area contributed by atoms with Crippen molar-refractivity contribution >= 4 is 46.0 Å². The van der Waals surface area contributed by atoms with Crippen molar-refractivity contribution in [1.82, 2.24) is 4.90 Å². The minimum absolute atomic E-state index is 0.00423. The lowest BCUT2D eigenvalue weighted by Crippen LogP contribution is -2.39. The molecule has 0 bridgehead atoms. The average Bonchev–Trinajstić information content (AvgIpc) is 2.82. The molecular weight excluding hydrogens is 332 g/mol. The van der Waals surface area contributed by atoms with E-state index < -0.39 is 4.92 Å². The summed E-state index contributed by atoms with van der Waals surface area (Å²) >= 11 is 6.61. The van der Waals surface area contributed by atoms with Crippen LogP contribution in [0.15, 0.2) is 29.2 Å². The van der Waals surface area contributed by atoms with E-state index in [4.69, 9.17) is 12.2 Å². The molecule has 0 aromatic heterocycles. The maximum atomic E-state index is 12.7. The van der Waals surface area contributed by atoms with Crippen molar-refractivity contribution in [3.63, 3.8) is 0 Å². The molecule has 7 heteroatoms. The Morgan fingerprint density at radius 1 is 1.26 bits per heavy atom. The number of nitrogens with zero attached hydrogens (tertiary/aromatic N) is 2. The Balaban J connectivity index is 1.88. The van der Waals surface area contributed by atoms with Crippen LogP contribution in [0.5, 0.6) is 0 Å². The van der Waals surface area contributed by atoms with E-state index in [1.807, 2.05) is 0 Å². The van der Waals surface area contributed by atoms with Gasteiger partial charge in [0.15, 0.2) is 0 Å². The van der Waals surface area contributed by atoms with Crippen molar-refractivity contribution in [2.75, 3.05) is 0 Å². The quantitative estimate of drug-likeness (QED) is 0.356. The minimum atomic E-state index is -0.437. The number of hydrogen-bond acceptors (Lipinski definition) is 5. The van der Waals surface area contributed by atoms with Gasteiger partial charge in [0, 0.05) is 12.1 Å². The number of amides is 1. The number of para-hydroxylation sites is 1. The number of benzene rings is 1. The SMILES string of the molecule is O=C1/C(=C/c2ccccc2[N+](=O)[O-])SC(=S)N1C1CCCCC1. The molecule has 1 aliphatic carbocycles. The van der Waals surface area contributed by atoms with Crippen LogP contribution in [-0.2, 0) is 4.79 Å². The van der Waals surface area contributed by atoms with Gasteiger partial charge in [0.05, 0.1) is 15.4 Å². The smallest absolute Gasteiger partial charge is 0.276 e. The molecular formula is C16H16N2O3S2. The van der Waals surface area contributed by atoms with Crippen molar-refractivity contribution in [1.29, 1.82) is 0 Å². The number of rotatable bonds is 3. The first-order chi connectivity index (χ1) is 11.1. The molecule has 3 rings (SSSR count). The number of thiocarbonyl (C=S) groups is 1. The van der Waals surface area contributed by atoms with Crippen molar-refractivity contribution in [2.45, 2.75) is 38.1 Å². The van der Waals surface area contributed by atoms with Gasteiger partial charge in [-0.05, 0) is 25.0 Å². The number of thioether (sulfide) groups is 1.